The van der Waals surface area contributed by atoms with Gasteiger partial charge in [0, 0.05) is 0 Å². The minimum absolute atomic E-state index is 0.277. The van der Waals surface area contributed by atoms with Crippen LogP contribution in [0.2, 0.25) is 0 Å². The second-order valence-corrected chi connectivity index (χ2v) is 5.91. The zero-order valence-electron chi connectivity index (χ0n) is 9.93. The minimum atomic E-state index is 0.277. The molecule has 86 valence electrons. The van der Waals surface area contributed by atoms with Crippen LogP contribution in [0.15, 0.2) is 21.2 Å². The van der Waals surface area contributed by atoms with Gasteiger partial charge in [0.15, 0.2) is 4.67 Å². The van der Waals surface area contributed by atoms with Crippen LogP contribution in [-0.2, 0) is 0 Å². The van der Waals surface area contributed by atoms with Gasteiger partial charge in [-0.1, -0.05) is 20.8 Å². The number of halogens is 1. The largest absolute Gasteiger partial charge is 0.453 e. The standard InChI is InChI=1S/C12H20BrNO/c1-9(10-5-6-11(13)15-10)14-8-7-12(2,3)4/h5-6,9,14H,7-8H2,1-4H3. The van der Waals surface area contributed by atoms with Crippen molar-refractivity contribution in [3.8, 4) is 0 Å². The molecule has 0 aliphatic carbocycles. The van der Waals surface area contributed by atoms with E-state index in [2.05, 4.69) is 48.9 Å². The Balaban J connectivity index is 2.34. The summed E-state index contributed by atoms with van der Waals surface area (Å²) in [4.78, 5) is 0. The fourth-order valence-corrected chi connectivity index (χ4v) is 1.64. The smallest absolute Gasteiger partial charge is 0.169 e. The molecule has 0 bridgehead atoms. The number of furan rings is 1. The predicted molar refractivity (Wildman–Crippen MR) is 66.9 cm³/mol. The summed E-state index contributed by atoms with van der Waals surface area (Å²) in [6.45, 7) is 9.89. The van der Waals surface area contributed by atoms with Crippen LogP contribution in [0.5, 0.6) is 0 Å². The van der Waals surface area contributed by atoms with Crippen molar-refractivity contribution in [1.29, 1.82) is 0 Å². The zero-order chi connectivity index (χ0) is 11.5. The maximum atomic E-state index is 5.48. The van der Waals surface area contributed by atoms with Gasteiger partial charge in [0.1, 0.15) is 5.76 Å². The fraction of sp³-hybridized carbons (Fsp3) is 0.667. The first-order chi connectivity index (χ1) is 6.88. The van der Waals surface area contributed by atoms with E-state index in [4.69, 9.17) is 4.42 Å². The summed E-state index contributed by atoms with van der Waals surface area (Å²) >= 11 is 3.31. The molecular weight excluding hydrogens is 254 g/mol. The Labute approximate surface area is 101 Å². The highest BCUT2D eigenvalue weighted by Crippen LogP contribution is 2.21. The average molecular weight is 274 g/mol. The van der Waals surface area contributed by atoms with Crippen molar-refractivity contribution in [3.63, 3.8) is 0 Å². The second-order valence-electron chi connectivity index (χ2n) is 5.13. The summed E-state index contributed by atoms with van der Waals surface area (Å²) in [6, 6.07) is 4.20. The Hall–Kier alpha value is -0.280. The van der Waals surface area contributed by atoms with Gasteiger partial charge in [0.25, 0.3) is 0 Å². The van der Waals surface area contributed by atoms with Crippen LogP contribution >= 0.6 is 15.9 Å². The quantitative estimate of drug-likeness (QED) is 0.893. The van der Waals surface area contributed by atoms with Crippen LogP contribution in [-0.4, -0.2) is 6.54 Å². The summed E-state index contributed by atoms with van der Waals surface area (Å²) in [6.07, 6.45) is 1.17. The molecule has 0 saturated carbocycles. The fourth-order valence-electron chi connectivity index (χ4n) is 1.33. The first-order valence-electron chi connectivity index (χ1n) is 5.37. The highest BCUT2D eigenvalue weighted by Gasteiger charge is 2.12. The Morgan fingerprint density at radius 3 is 2.53 bits per heavy atom. The lowest BCUT2D eigenvalue weighted by molar-refractivity contribution is 0.344. The number of rotatable bonds is 4. The molecule has 0 radical (unpaired) electrons. The Morgan fingerprint density at radius 1 is 1.40 bits per heavy atom. The lowest BCUT2D eigenvalue weighted by Gasteiger charge is -2.19. The molecule has 1 atom stereocenters. The zero-order valence-corrected chi connectivity index (χ0v) is 11.5. The molecule has 0 aliphatic rings. The normalized spacial score (nSPS) is 14.2. The van der Waals surface area contributed by atoms with Crippen molar-refractivity contribution in [3.05, 3.63) is 22.6 Å². The van der Waals surface area contributed by atoms with Crippen LogP contribution in [0.1, 0.15) is 45.9 Å². The van der Waals surface area contributed by atoms with Gasteiger partial charge in [-0.05, 0) is 53.4 Å². The van der Waals surface area contributed by atoms with E-state index >= 15 is 0 Å². The molecule has 0 spiro atoms. The maximum Gasteiger partial charge on any atom is 0.169 e. The van der Waals surface area contributed by atoms with Crippen molar-refractivity contribution >= 4 is 15.9 Å². The molecule has 1 N–H and O–H groups in total. The molecule has 1 aromatic heterocycles. The van der Waals surface area contributed by atoms with Gasteiger partial charge < -0.3 is 9.73 Å². The number of nitrogens with one attached hydrogen (secondary N) is 1. The summed E-state index contributed by atoms with van der Waals surface area (Å²) in [5.74, 6) is 0.982. The van der Waals surface area contributed by atoms with Gasteiger partial charge in [0.2, 0.25) is 0 Å². The van der Waals surface area contributed by atoms with E-state index in [1.165, 1.54) is 6.42 Å². The van der Waals surface area contributed by atoms with Crippen molar-refractivity contribution in [1.82, 2.24) is 5.32 Å². The Kier molecular flexibility index (Phi) is 4.41. The van der Waals surface area contributed by atoms with Crippen LogP contribution in [0.3, 0.4) is 0 Å². The van der Waals surface area contributed by atoms with Gasteiger partial charge in [-0.3, -0.25) is 0 Å². The Bertz CT molecular complexity index is 301. The van der Waals surface area contributed by atoms with Crippen LogP contribution in [0.25, 0.3) is 0 Å². The molecule has 0 saturated heterocycles. The molecule has 1 aromatic rings. The van der Waals surface area contributed by atoms with E-state index in [1.54, 1.807) is 0 Å². The molecule has 3 heteroatoms. The van der Waals surface area contributed by atoms with E-state index in [1.807, 2.05) is 12.1 Å². The maximum absolute atomic E-state index is 5.48. The van der Waals surface area contributed by atoms with E-state index in [0.717, 1.165) is 17.0 Å². The van der Waals surface area contributed by atoms with Crippen molar-refractivity contribution in [2.75, 3.05) is 6.54 Å². The third kappa shape index (κ3) is 4.85. The molecule has 0 fully saturated rings. The number of hydrogen-bond acceptors (Lipinski definition) is 2. The van der Waals surface area contributed by atoms with E-state index in [-0.39, 0.29) is 6.04 Å². The van der Waals surface area contributed by atoms with Gasteiger partial charge in [-0.2, -0.15) is 0 Å². The topological polar surface area (TPSA) is 25.2 Å². The molecule has 1 rings (SSSR count). The lowest BCUT2D eigenvalue weighted by Crippen LogP contribution is -2.23. The average Bonchev–Trinajstić information content (AvgIpc) is 2.49. The lowest BCUT2D eigenvalue weighted by atomic mass is 9.92. The molecule has 0 amide bonds. The van der Waals surface area contributed by atoms with Gasteiger partial charge in [-0.25, -0.2) is 0 Å². The van der Waals surface area contributed by atoms with Crippen LogP contribution in [0.4, 0.5) is 0 Å². The third-order valence-corrected chi connectivity index (χ3v) is 2.77. The Morgan fingerprint density at radius 2 is 2.07 bits per heavy atom. The molecule has 15 heavy (non-hydrogen) atoms. The summed E-state index contributed by atoms with van der Waals surface area (Å²) in [5, 5.41) is 3.45. The van der Waals surface area contributed by atoms with Crippen molar-refractivity contribution in [2.24, 2.45) is 5.41 Å². The molecular formula is C12H20BrNO. The van der Waals surface area contributed by atoms with E-state index in [9.17, 15) is 0 Å². The molecule has 0 aliphatic heterocycles. The first-order valence-corrected chi connectivity index (χ1v) is 6.16. The van der Waals surface area contributed by atoms with Crippen molar-refractivity contribution in [2.45, 2.75) is 40.2 Å². The highest BCUT2D eigenvalue weighted by atomic mass is 79.9. The van der Waals surface area contributed by atoms with Crippen LogP contribution in [0, 0.1) is 5.41 Å². The monoisotopic (exact) mass is 273 g/mol. The second kappa shape index (κ2) is 5.17. The predicted octanol–water partition coefficient (Wildman–Crippen LogP) is 4.13. The van der Waals surface area contributed by atoms with Gasteiger partial charge >= 0.3 is 0 Å². The minimum Gasteiger partial charge on any atom is -0.453 e. The molecule has 2 nitrogen and oxygen atoms in total. The highest BCUT2D eigenvalue weighted by molar-refractivity contribution is 9.10. The first kappa shape index (κ1) is 12.8. The van der Waals surface area contributed by atoms with Crippen molar-refractivity contribution < 1.29 is 4.42 Å². The summed E-state index contributed by atoms with van der Waals surface area (Å²) in [5.41, 5.74) is 0.385. The SMILES string of the molecule is CC(NCCC(C)(C)C)c1ccc(Br)o1. The summed E-state index contributed by atoms with van der Waals surface area (Å²) < 4.78 is 6.28. The molecule has 1 unspecified atom stereocenters. The van der Waals surface area contributed by atoms with Gasteiger partial charge in [-0.15, -0.1) is 0 Å². The van der Waals surface area contributed by atoms with Crippen LogP contribution < -0.4 is 5.32 Å². The summed E-state index contributed by atoms with van der Waals surface area (Å²) in [7, 11) is 0. The third-order valence-electron chi connectivity index (χ3n) is 2.35. The number of hydrogen-bond donors (Lipinski definition) is 1. The molecule has 1 heterocycles. The molecule has 0 aromatic carbocycles. The van der Waals surface area contributed by atoms with Gasteiger partial charge in [0.05, 0.1) is 6.04 Å². The van der Waals surface area contributed by atoms with E-state index in [0.29, 0.717) is 5.41 Å². The van der Waals surface area contributed by atoms with E-state index < -0.39 is 0 Å².